The van der Waals surface area contributed by atoms with Gasteiger partial charge < -0.3 is 0 Å². The minimum Gasteiger partial charge on any atom is -0.261 e. The Labute approximate surface area is 108 Å². The summed E-state index contributed by atoms with van der Waals surface area (Å²) in [4.78, 5) is 8.04. The molecule has 1 atom stereocenters. The molecule has 0 saturated carbocycles. The van der Waals surface area contributed by atoms with E-state index in [9.17, 15) is 8.42 Å². The van der Waals surface area contributed by atoms with Gasteiger partial charge in [-0.1, -0.05) is 6.42 Å². The van der Waals surface area contributed by atoms with Gasteiger partial charge >= 0.3 is 0 Å². The summed E-state index contributed by atoms with van der Waals surface area (Å²) in [5, 5.41) is 0. The summed E-state index contributed by atoms with van der Waals surface area (Å²) in [7, 11) is -3.42. The Morgan fingerprint density at radius 1 is 1.28 bits per heavy atom. The van der Waals surface area contributed by atoms with Crippen LogP contribution in [0.15, 0.2) is 18.6 Å². The van der Waals surface area contributed by atoms with Crippen LogP contribution in [0.5, 0.6) is 0 Å². The highest BCUT2D eigenvalue weighted by molar-refractivity contribution is 7.87. The van der Waals surface area contributed by atoms with Crippen LogP contribution in [0, 0.1) is 0 Å². The topological polar surface area (TPSA) is 75.2 Å². The van der Waals surface area contributed by atoms with Crippen molar-refractivity contribution in [3.63, 3.8) is 0 Å². The van der Waals surface area contributed by atoms with Gasteiger partial charge in [-0.2, -0.15) is 17.4 Å². The molecule has 0 amide bonds. The van der Waals surface area contributed by atoms with Crippen LogP contribution >= 0.6 is 0 Å². The molecular formula is C11H18N4O2S. The average molecular weight is 270 g/mol. The summed E-state index contributed by atoms with van der Waals surface area (Å²) in [6, 6.07) is -0.370. The summed E-state index contributed by atoms with van der Waals surface area (Å²) in [6.45, 7) is 2.97. The summed E-state index contributed by atoms with van der Waals surface area (Å²) >= 11 is 0. The molecule has 0 bridgehead atoms. The first-order chi connectivity index (χ1) is 8.59. The second kappa shape index (κ2) is 5.73. The quantitative estimate of drug-likeness (QED) is 0.880. The Hall–Kier alpha value is -1.05. The standard InChI is InChI=1S/C11H18N4O2S/c1-10(11-9-12-5-6-13-11)14-18(16,17)15-7-3-2-4-8-15/h5-6,9-10,14H,2-4,7-8H2,1H3/t10-/m1/s1. The number of hydrogen-bond acceptors (Lipinski definition) is 4. The molecule has 0 radical (unpaired) electrons. The van der Waals surface area contributed by atoms with E-state index in [0.29, 0.717) is 18.8 Å². The molecular weight excluding hydrogens is 252 g/mol. The lowest BCUT2D eigenvalue weighted by atomic mass is 10.2. The van der Waals surface area contributed by atoms with E-state index in [1.807, 2.05) is 0 Å². The smallest absolute Gasteiger partial charge is 0.261 e. The highest BCUT2D eigenvalue weighted by atomic mass is 32.2. The van der Waals surface area contributed by atoms with Crippen molar-refractivity contribution in [1.29, 1.82) is 0 Å². The van der Waals surface area contributed by atoms with Crippen molar-refractivity contribution in [1.82, 2.24) is 19.0 Å². The van der Waals surface area contributed by atoms with E-state index < -0.39 is 10.2 Å². The first kappa shape index (κ1) is 13.4. The number of aromatic nitrogens is 2. The molecule has 0 unspecified atom stereocenters. The zero-order chi connectivity index (χ0) is 13.0. The highest BCUT2D eigenvalue weighted by Gasteiger charge is 2.25. The van der Waals surface area contributed by atoms with Crippen LogP contribution in [-0.2, 0) is 10.2 Å². The van der Waals surface area contributed by atoms with Crippen LogP contribution < -0.4 is 4.72 Å². The van der Waals surface area contributed by atoms with E-state index in [4.69, 9.17) is 0 Å². The fraction of sp³-hybridized carbons (Fsp3) is 0.636. The molecule has 1 aromatic heterocycles. The van der Waals surface area contributed by atoms with Crippen LogP contribution in [0.4, 0.5) is 0 Å². The molecule has 1 aromatic rings. The van der Waals surface area contributed by atoms with Crippen molar-refractivity contribution in [3.05, 3.63) is 24.3 Å². The van der Waals surface area contributed by atoms with E-state index in [1.165, 1.54) is 4.31 Å². The number of piperidine rings is 1. The third kappa shape index (κ3) is 3.24. The lowest BCUT2D eigenvalue weighted by molar-refractivity contribution is 0.339. The van der Waals surface area contributed by atoms with Gasteiger partial charge in [-0.05, 0) is 19.8 Å². The minimum atomic E-state index is -3.42. The van der Waals surface area contributed by atoms with Gasteiger partial charge in [0.1, 0.15) is 0 Å². The zero-order valence-corrected chi connectivity index (χ0v) is 11.2. The summed E-state index contributed by atoms with van der Waals surface area (Å²) in [5.74, 6) is 0. The molecule has 18 heavy (non-hydrogen) atoms. The summed E-state index contributed by atoms with van der Waals surface area (Å²) in [6.07, 6.45) is 7.66. The van der Waals surface area contributed by atoms with Crippen LogP contribution in [0.1, 0.15) is 37.9 Å². The molecule has 0 aliphatic carbocycles. The Morgan fingerprint density at radius 2 is 2.00 bits per heavy atom. The van der Waals surface area contributed by atoms with Crippen molar-refractivity contribution < 1.29 is 8.42 Å². The fourth-order valence-electron chi connectivity index (χ4n) is 2.00. The Bertz CT molecular complexity index is 471. The van der Waals surface area contributed by atoms with Crippen molar-refractivity contribution >= 4 is 10.2 Å². The van der Waals surface area contributed by atoms with Crippen LogP contribution in [0.3, 0.4) is 0 Å². The number of nitrogens with one attached hydrogen (secondary N) is 1. The largest absolute Gasteiger partial charge is 0.280 e. The van der Waals surface area contributed by atoms with Gasteiger partial charge in [0.15, 0.2) is 0 Å². The minimum absolute atomic E-state index is 0.370. The molecule has 100 valence electrons. The number of nitrogens with zero attached hydrogens (tertiary/aromatic N) is 3. The predicted octanol–water partition coefficient (Wildman–Crippen LogP) is 0.858. The van der Waals surface area contributed by atoms with Gasteiger partial charge in [-0.3, -0.25) is 9.97 Å². The second-order valence-electron chi connectivity index (χ2n) is 4.43. The molecule has 1 N–H and O–H groups in total. The van der Waals surface area contributed by atoms with Gasteiger partial charge in [0.2, 0.25) is 0 Å². The Morgan fingerprint density at radius 3 is 2.61 bits per heavy atom. The van der Waals surface area contributed by atoms with E-state index in [-0.39, 0.29) is 6.04 Å². The van der Waals surface area contributed by atoms with Gasteiger partial charge in [-0.25, -0.2) is 0 Å². The number of rotatable bonds is 4. The predicted molar refractivity (Wildman–Crippen MR) is 67.9 cm³/mol. The first-order valence-electron chi connectivity index (χ1n) is 6.13. The van der Waals surface area contributed by atoms with Crippen molar-refractivity contribution in [2.24, 2.45) is 0 Å². The maximum absolute atomic E-state index is 12.1. The molecule has 2 heterocycles. The third-order valence-electron chi connectivity index (χ3n) is 3.01. The van der Waals surface area contributed by atoms with Gasteiger partial charge in [-0.15, -0.1) is 0 Å². The van der Waals surface area contributed by atoms with Gasteiger partial charge in [0.25, 0.3) is 10.2 Å². The third-order valence-corrected chi connectivity index (χ3v) is 4.70. The summed E-state index contributed by atoms with van der Waals surface area (Å²) in [5.41, 5.74) is 0.623. The SMILES string of the molecule is C[C@@H](NS(=O)(=O)N1CCCCC1)c1cnccn1. The fourth-order valence-corrected chi connectivity index (χ4v) is 3.45. The Kier molecular flexibility index (Phi) is 4.26. The van der Waals surface area contributed by atoms with E-state index >= 15 is 0 Å². The molecule has 0 aromatic carbocycles. The molecule has 1 aliphatic rings. The normalized spacial score (nSPS) is 19.6. The summed E-state index contributed by atoms with van der Waals surface area (Å²) < 4.78 is 28.4. The molecule has 6 nitrogen and oxygen atoms in total. The molecule has 7 heteroatoms. The van der Waals surface area contributed by atoms with Gasteiger partial charge in [0.05, 0.1) is 11.7 Å². The maximum Gasteiger partial charge on any atom is 0.280 e. The average Bonchev–Trinajstić information content (AvgIpc) is 2.40. The molecule has 1 fully saturated rings. The molecule has 2 rings (SSSR count). The second-order valence-corrected chi connectivity index (χ2v) is 6.14. The highest BCUT2D eigenvalue weighted by Crippen LogP contribution is 2.15. The first-order valence-corrected chi connectivity index (χ1v) is 7.57. The van der Waals surface area contributed by atoms with Crippen molar-refractivity contribution in [2.45, 2.75) is 32.2 Å². The van der Waals surface area contributed by atoms with Crippen molar-refractivity contribution in [3.8, 4) is 0 Å². The van der Waals surface area contributed by atoms with E-state index in [2.05, 4.69) is 14.7 Å². The van der Waals surface area contributed by atoms with E-state index in [1.54, 1.807) is 25.5 Å². The molecule has 0 spiro atoms. The van der Waals surface area contributed by atoms with Gasteiger partial charge in [0, 0.05) is 31.7 Å². The monoisotopic (exact) mass is 270 g/mol. The lowest BCUT2D eigenvalue weighted by Gasteiger charge is -2.27. The van der Waals surface area contributed by atoms with Crippen molar-refractivity contribution in [2.75, 3.05) is 13.1 Å². The molecule has 1 saturated heterocycles. The maximum atomic E-state index is 12.1. The van der Waals surface area contributed by atoms with Crippen LogP contribution in [0.2, 0.25) is 0 Å². The van der Waals surface area contributed by atoms with E-state index in [0.717, 1.165) is 19.3 Å². The number of hydrogen-bond donors (Lipinski definition) is 1. The zero-order valence-electron chi connectivity index (χ0n) is 10.4. The Balaban J connectivity index is 2.03. The molecule has 1 aliphatic heterocycles. The van der Waals surface area contributed by atoms with Crippen LogP contribution in [0.25, 0.3) is 0 Å². The lowest BCUT2D eigenvalue weighted by Crippen LogP contribution is -2.44. The van der Waals surface area contributed by atoms with Crippen LogP contribution in [-0.4, -0.2) is 35.8 Å².